The van der Waals surface area contributed by atoms with E-state index in [-0.39, 0.29) is 49.1 Å². The highest BCUT2D eigenvalue weighted by Crippen LogP contribution is 2.43. The Kier molecular flexibility index (Phi) is 18.0. The lowest BCUT2D eigenvalue weighted by Gasteiger charge is -2.24. The smallest absolute Gasteiger partial charge is 0.506 e. The second kappa shape index (κ2) is 22.3. The van der Waals surface area contributed by atoms with Crippen LogP contribution in [0.25, 0.3) is 0 Å². The molecular weight excluding hydrogens is 801 g/mol. The average Bonchev–Trinajstić information content (AvgIpc) is 3.14. The van der Waals surface area contributed by atoms with Crippen LogP contribution < -0.4 is 42.4 Å². The maximum atomic E-state index is 13.2. The monoisotopic (exact) mass is 858 g/mol. The number of carbonyl (C=O) groups is 4. The average molecular weight is 859 g/mol. The summed E-state index contributed by atoms with van der Waals surface area (Å²) in [6.45, 7) is 5.11. The zero-order chi connectivity index (χ0) is 44.5. The molecule has 0 fully saturated rings. The van der Waals surface area contributed by atoms with Gasteiger partial charge in [-0.25, -0.2) is 14.2 Å². The maximum absolute atomic E-state index is 13.2. The van der Waals surface area contributed by atoms with Gasteiger partial charge in [-0.2, -0.15) is 0 Å². The zero-order valence-electron chi connectivity index (χ0n) is 34.6. The fourth-order valence-electron chi connectivity index (χ4n) is 5.03. The molecule has 3 atom stereocenters. The fraction of sp³-hybridized carbons (Fsp3) is 0.410. The predicted octanol–water partition coefficient (Wildman–Crippen LogP) is 3.36. The van der Waals surface area contributed by atoms with E-state index in [9.17, 15) is 38.8 Å². The Morgan fingerprint density at radius 1 is 0.917 bits per heavy atom. The summed E-state index contributed by atoms with van der Waals surface area (Å²) in [5.74, 6) is -2.80. The molecule has 11 N–H and O–H groups in total. The van der Waals surface area contributed by atoms with Crippen molar-refractivity contribution in [1.82, 2.24) is 16.0 Å². The summed E-state index contributed by atoms with van der Waals surface area (Å²) in [5, 5.41) is 30.6. The first kappa shape index (κ1) is 48.3. The summed E-state index contributed by atoms with van der Waals surface area (Å²) in [5.41, 5.74) is 12.6. The van der Waals surface area contributed by atoms with Crippen molar-refractivity contribution in [1.29, 1.82) is 0 Å². The molecule has 0 heterocycles. The van der Waals surface area contributed by atoms with Crippen LogP contribution in [0.5, 0.6) is 11.5 Å². The number of amides is 3. The van der Waals surface area contributed by atoms with Gasteiger partial charge in [0.05, 0.1) is 39.1 Å². The number of para-hydroxylation sites is 1. The number of aliphatic imine (C=N–C) groups is 1. The Hall–Kier alpha value is -6.08. The number of carbonyl (C=O) groups excluding carboxylic acids is 3. The van der Waals surface area contributed by atoms with Gasteiger partial charge < -0.3 is 56.4 Å². The van der Waals surface area contributed by atoms with Crippen molar-refractivity contribution in [3.05, 3.63) is 78.4 Å². The van der Waals surface area contributed by atoms with E-state index in [1.807, 2.05) is 51.5 Å². The Bertz CT molecular complexity index is 1970. The lowest BCUT2D eigenvalue weighted by molar-refractivity contribution is -0.870. The van der Waals surface area contributed by atoms with E-state index in [4.69, 9.17) is 19.5 Å². The highest BCUT2D eigenvalue weighted by Gasteiger charge is 2.27. The lowest BCUT2D eigenvalue weighted by Crippen LogP contribution is -2.51. The number of ether oxygens (including phenoxy) is 1. The molecule has 0 aromatic heterocycles. The van der Waals surface area contributed by atoms with E-state index in [1.165, 1.54) is 42.5 Å². The van der Waals surface area contributed by atoms with Gasteiger partial charge in [-0.05, 0) is 87.7 Å². The Morgan fingerprint density at radius 2 is 1.60 bits per heavy atom. The van der Waals surface area contributed by atoms with Crippen molar-refractivity contribution >= 4 is 54.7 Å². The summed E-state index contributed by atoms with van der Waals surface area (Å²) in [6, 6.07) is 16.9. The molecule has 60 heavy (non-hydrogen) atoms. The van der Waals surface area contributed by atoms with Crippen LogP contribution in [0.2, 0.25) is 0 Å². The van der Waals surface area contributed by atoms with Gasteiger partial charge in [0.25, 0.3) is 0 Å². The molecule has 1 unspecified atom stereocenters. The number of guanidine groups is 1. The third-order valence-electron chi connectivity index (χ3n) is 7.98. The minimum Gasteiger partial charge on any atom is -0.506 e. The number of phosphoric acid groups is 1. The van der Waals surface area contributed by atoms with Crippen molar-refractivity contribution in [2.45, 2.75) is 57.7 Å². The highest BCUT2D eigenvalue weighted by molar-refractivity contribution is 7.47. The number of phosphoric ester groups is 1. The summed E-state index contributed by atoms with van der Waals surface area (Å²) >= 11 is 0. The van der Waals surface area contributed by atoms with Crippen LogP contribution in [-0.2, 0) is 34.6 Å². The number of nitrogens with two attached hydrogens (primary N) is 1. The van der Waals surface area contributed by atoms with Crippen molar-refractivity contribution in [3.63, 3.8) is 0 Å². The third-order valence-corrected chi connectivity index (χ3v) is 8.93. The molecule has 0 saturated carbocycles. The standard InChI is InChI=1S/C39H56N9O11P/c1-39(2,3)58-38(54)45-30(13-10-20-41-37(40)43-27-11-8-7-9-12-27)35(51)42-25-34(50)44-32(36(52)53)24-26-14-19-33(49)31(23-26)47-46-28-15-17-29(18-16-28)59-60(55,56)57-22-21-48(4,5)6/h7-9,11-12,14-19,23,30,32,46-47H,10,13,20-22,24-25H2,1-6H3,(H8-,40,41,42,43,44,45,49,50,51,52,53,54,55,56)/p+1/t30-,32-/m0/s1. The molecule has 20 nitrogen and oxygen atoms in total. The minimum absolute atomic E-state index is 0.0155. The van der Waals surface area contributed by atoms with Gasteiger partial charge in [-0.1, -0.05) is 24.3 Å². The molecule has 3 aromatic rings. The largest absolute Gasteiger partial charge is 0.527 e. The molecule has 0 spiro atoms. The van der Waals surface area contributed by atoms with Crippen LogP contribution in [0.1, 0.15) is 39.2 Å². The van der Waals surface area contributed by atoms with E-state index in [2.05, 4.69) is 37.1 Å². The number of rotatable bonds is 22. The van der Waals surface area contributed by atoms with Gasteiger partial charge in [-0.3, -0.25) is 29.4 Å². The SMILES string of the molecule is CC(C)(C)OC(=O)N[C@@H](CCCN=C(N)Nc1ccccc1)C(=O)NCC(=O)N[C@@H](Cc1ccc(O)c(NNc2ccc(OP(=O)(O)OCC[N+](C)(C)C)cc2)c1)C(=O)O. The Morgan fingerprint density at radius 3 is 2.23 bits per heavy atom. The quantitative estimate of drug-likeness (QED) is 0.0132. The molecule has 0 bridgehead atoms. The number of carboxylic acids is 1. The first-order valence-electron chi connectivity index (χ1n) is 18.9. The maximum Gasteiger partial charge on any atom is 0.527 e. The van der Waals surface area contributed by atoms with Crippen LogP contribution in [0.4, 0.5) is 21.9 Å². The number of hydrogen-bond donors (Lipinski definition) is 10. The highest BCUT2D eigenvalue weighted by atomic mass is 31.2. The van der Waals surface area contributed by atoms with Crippen molar-refractivity contribution in [3.8, 4) is 11.5 Å². The topological polar surface area (TPSA) is 284 Å². The Balaban J connectivity index is 1.55. The van der Waals surface area contributed by atoms with Crippen LogP contribution in [-0.4, -0.2) is 114 Å². The van der Waals surface area contributed by atoms with Crippen molar-refractivity contribution in [2.75, 3.05) is 63.6 Å². The van der Waals surface area contributed by atoms with Gasteiger partial charge in [0.2, 0.25) is 11.8 Å². The molecule has 0 aliphatic carbocycles. The number of likely N-dealkylation sites (N-methyl/N-ethyl adjacent to an activating group) is 1. The summed E-state index contributed by atoms with van der Waals surface area (Å²) < 4.78 is 28.3. The minimum atomic E-state index is -4.35. The van der Waals surface area contributed by atoms with E-state index >= 15 is 0 Å². The summed E-state index contributed by atoms with van der Waals surface area (Å²) in [4.78, 5) is 65.1. The molecule has 0 saturated heterocycles. The zero-order valence-corrected chi connectivity index (χ0v) is 35.5. The van der Waals surface area contributed by atoms with Gasteiger partial charge in [0.1, 0.15) is 42.3 Å². The Labute approximate surface area is 349 Å². The lowest BCUT2D eigenvalue weighted by atomic mass is 10.0. The number of hydrogen-bond acceptors (Lipinski definition) is 12. The summed E-state index contributed by atoms with van der Waals surface area (Å²) in [7, 11) is 1.40. The number of nitrogens with one attached hydrogen (secondary N) is 6. The number of aromatic hydroxyl groups is 1. The van der Waals surface area contributed by atoms with E-state index in [0.29, 0.717) is 28.7 Å². The first-order valence-corrected chi connectivity index (χ1v) is 20.4. The van der Waals surface area contributed by atoms with Crippen LogP contribution in [0, 0.1) is 0 Å². The number of aliphatic carboxylic acids is 1. The van der Waals surface area contributed by atoms with E-state index < -0.39 is 55.9 Å². The second-order valence-electron chi connectivity index (χ2n) is 15.5. The molecular formula is C39H57N9O11P+. The second-order valence-corrected chi connectivity index (χ2v) is 16.9. The van der Waals surface area contributed by atoms with Crippen molar-refractivity contribution < 1.29 is 57.1 Å². The number of alkyl carbamates (subject to hydrolysis) is 1. The number of carboxylic acid groups (broad SMARTS) is 1. The normalized spacial score (nSPS) is 13.8. The van der Waals surface area contributed by atoms with E-state index in [0.717, 1.165) is 5.69 Å². The fourth-order valence-corrected chi connectivity index (χ4v) is 5.79. The first-order chi connectivity index (χ1) is 28.1. The van der Waals surface area contributed by atoms with E-state index in [1.54, 1.807) is 20.8 Å². The number of hydrazine groups is 1. The molecule has 0 aliphatic heterocycles. The molecule has 3 aromatic carbocycles. The number of quaternary nitrogens is 1. The van der Waals surface area contributed by atoms with Gasteiger partial charge >= 0.3 is 19.9 Å². The third kappa shape index (κ3) is 19.1. The molecule has 3 amide bonds. The number of phenols is 1. The number of benzene rings is 3. The van der Waals surface area contributed by atoms with Crippen LogP contribution >= 0.6 is 7.82 Å². The van der Waals surface area contributed by atoms with Gasteiger partial charge in [0, 0.05) is 18.7 Å². The number of nitrogens with zero attached hydrogens (tertiary/aromatic N) is 2. The van der Waals surface area contributed by atoms with Gasteiger partial charge in [-0.15, -0.1) is 0 Å². The molecule has 3 rings (SSSR count). The van der Waals surface area contributed by atoms with Crippen LogP contribution in [0.15, 0.2) is 77.8 Å². The molecule has 328 valence electrons. The molecule has 0 aliphatic rings. The predicted molar refractivity (Wildman–Crippen MR) is 226 cm³/mol. The number of anilines is 3. The molecule has 21 heteroatoms. The summed E-state index contributed by atoms with van der Waals surface area (Å²) in [6.07, 6.45) is -0.612. The molecule has 0 radical (unpaired) electrons. The number of phenolic OH excluding ortho intramolecular Hbond substituents is 1. The van der Waals surface area contributed by atoms with Crippen LogP contribution in [0.3, 0.4) is 0 Å². The van der Waals surface area contributed by atoms with Crippen molar-refractivity contribution in [2.24, 2.45) is 10.7 Å². The van der Waals surface area contributed by atoms with Gasteiger partial charge in [0.15, 0.2) is 5.96 Å².